The number of hydrogen-bond acceptors (Lipinski definition) is 4. The molecular weight excluding hydrogens is 280 g/mol. The molecule has 0 amide bonds. The van der Waals surface area contributed by atoms with Crippen LogP contribution in [0.2, 0.25) is 0 Å². The predicted molar refractivity (Wildman–Crippen MR) is 74.6 cm³/mol. The molecule has 0 bridgehead atoms. The molecule has 20 heavy (non-hydrogen) atoms. The molecule has 3 aromatic rings. The van der Waals surface area contributed by atoms with Crippen LogP contribution < -0.4 is 0 Å². The van der Waals surface area contributed by atoms with Gasteiger partial charge in [0.2, 0.25) is 0 Å². The average Bonchev–Trinajstić information content (AvgIpc) is 2.40. The second-order valence-corrected chi connectivity index (χ2v) is 5.91. The number of phenols is 2. The summed E-state index contributed by atoms with van der Waals surface area (Å²) in [6, 6.07) is 10.1. The van der Waals surface area contributed by atoms with Crippen LogP contribution in [0.15, 0.2) is 47.4 Å². The Morgan fingerprint density at radius 1 is 0.750 bits per heavy atom. The van der Waals surface area contributed by atoms with Crippen LogP contribution in [0.3, 0.4) is 0 Å². The van der Waals surface area contributed by atoms with Gasteiger partial charge in [0, 0.05) is 10.8 Å². The summed E-state index contributed by atoms with van der Waals surface area (Å²) in [5, 5.41) is 21.7. The third-order valence-electron chi connectivity index (χ3n) is 3.20. The zero-order valence-corrected chi connectivity index (χ0v) is 10.9. The molecular formula is C14H10O5S. The minimum absolute atomic E-state index is 0.0167. The van der Waals surface area contributed by atoms with Crippen LogP contribution in [0.25, 0.3) is 21.5 Å². The van der Waals surface area contributed by atoms with E-state index in [0.29, 0.717) is 21.5 Å². The Bertz CT molecular complexity index is 945. The van der Waals surface area contributed by atoms with Gasteiger partial charge in [-0.15, -0.1) is 0 Å². The van der Waals surface area contributed by atoms with Crippen molar-refractivity contribution in [3.63, 3.8) is 0 Å². The molecule has 5 nitrogen and oxygen atoms in total. The molecule has 0 aliphatic rings. The van der Waals surface area contributed by atoms with Gasteiger partial charge >= 0.3 is 0 Å². The van der Waals surface area contributed by atoms with Gasteiger partial charge in [-0.1, -0.05) is 6.07 Å². The number of rotatable bonds is 1. The lowest BCUT2D eigenvalue weighted by molar-refractivity contribution is 0.469. The van der Waals surface area contributed by atoms with Crippen molar-refractivity contribution in [3.05, 3.63) is 42.5 Å². The van der Waals surface area contributed by atoms with Crippen molar-refractivity contribution in [1.82, 2.24) is 0 Å². The maximum absolute atomic E-state index is 11.1. The van der Waals surface area contributed by atoms with Gasteiger partial charge in [0.05, 0.1) is 4.90 Å². The lowest BCUT2D eigenvalue weighted by atomic mass is 10.0. The lowest BCUT2D eigenvalue weighted by Crippen LogP contribution is -1.97. The van der Waals surface area contributed by atoms with Crippen molar-refractivity contribution in [2.75, 3.05) is 0 Å². The van der Waals surface area contributed by atoms with Gasteiger partial charge in [-0.25, -0.2) is 0 Å². The van der Waals surface area contributed by atoms with E-state index in [1.165, 1.54) is 30.3 Å². The number of fused-ring (bicyclic) bond motifs is 2. The van der Waals surface area contributed by atoms with E-state index in [-0.39, 0.29) is 16.4 Å². The van der Waals surface area contributed by atoms with Gasteiger partial charge in [-0.05, 0) is 47.2 Å². The summed E-state index contributed by atoms with van der Waals surface area (Å²) in [7, 11) is -4.28. The molecule has 102 valence electrons. The maximum Gasteiger partial charge on any atom is 0.294 e. The number of hydrogen-bond donors (Lipinski definition) is 3. The third kappa shape index (κ3) is 1.95. The first-order chi connectivity index (χ1) is 9.36. The average molecular weight is 290 g/mol. The van der Waals surface area contributed by atoms with Gasteiger partial charge in [-0.3, -0.25) is 4.55 Å². The van der Waals surface area contributed by atoms with Crippen LogP contribution in [0.5, 0.6) is 11.5 Å². The summed E-state index contributed by atoms with van der Waals surface area (Å²) >= 11 is 0. The standard InChI is InChI=1S/C14H10O5S/c15-13-3-4-14(16)12-7-9-5-10(20(17,18)19)2-1-8(9)6-11(12)13/h1-7,15-16H,(H,17,18,19). The van der Waals surface area contributed by atoms with Crippen molar-refractivity contribution in [1.29, 1.82) is 0 Å². The molecule has 0 saturated carbocycles. The highest BCUT2D eigenvalue weighted by molar-refractivity contribution is 7.85. The minimum Gasteiger partial charge on any atom is -0.507 e. The number of aromatic hydroxyl groups is 2. The smallest absolute Gasteiger partial charge is 0.294 e. The Morgan fingerprint density at radius 3 is 1.85 bits per heavy atom. The predicted octanol–water partition coefficient (Wildman–Crippen LogP) is 2.65. The summed E-state index contributed by atoms with van der Waals surface area (Å²) in [6.45, 7) is 0. The van der Waals surface area contributed by atoms with E-state index in [9.17, 15) is 18.6 Å². The summed E-state index contributed by atoms with van der Waals surface area (Å²) in [6.07, 6.45) is 0. The quantitative estimate of drug-likeness (QED) is 0.364. The van der Waals surface area contributed by atoms with E-state index in [4.69, 9.17) is 4.55 Å². The minimum atomic E-state index is -4.28. The van der Waals surface area contributed by atoms with E-state index < -0.39 is 10.1 Å². The number of phenolic OH excluding ortho intramolecular Hbond substituents is 2. The van der Waals surface area contributed by atoms with E-state index in [1.54, 1.807) is 12.1 Å². The fourth-order valence-electron chi connectivity index (χ4n) is 2.20. The highest BCUT2D eigenvalue weighted by Gasteiger charge is 2.12. The molecule has 0 unspecified atom stereocenters. The number of benzene rings is 3. The largest absolute Gasteiger partial charge is 0.507 e. The highest BCUT2D eigenvalue weighted by atomic mass is 32.2. The fraction of sp³-hybridized carbons (Fsp3) is 0. The monoisotopic (exact) mass is 290 g/mol. The van der Waals surface area contributed by atoms with Crippen LogP contribution in [0, 0.1) is 0 Å². The van der Waals surface area contributed by atoms with Crippen LogP contribution in [0.4, 0.5) is 0 Å². The molecule has 0 radical (unpaired) electrons. The fourth-order valence-corrected chi connectivity index (χ4v) is 2.71. The van der Waals surface area contributed by atoms with Gasteiger partial charge in [0.15, 0.2) is 0 Å². The zero-order valence-electron chi connectivity index (χ0n) is 10.1. The lowest BCUT2D eigenvalue weighted by Gasteiger charge is -2.07. The maximum atomic E-state index is 11.1. The molecule has 3 rings (SSSR count). The molecule has 3 N–H and O–H groups in total. The Balaban J connectivity index is 2.43. The van der Waals surface area contributed by atoms with Crippen molar-refractivity contribution >= 4 is 31.7 Å². The first kappa shape index (κ1) is 12.7. The summed E-state index contributed by atoms with van der Waals surface area (Å²) < 4.78 is 31.3. The normalized spacial score (nSPS) is 12.1. The zero-order chi connectivity index (χ0) is 14.5. The van der Waals surface area contributed by atoms with Crippen LogP contribution in [0.1, 0.15) is 0 Å². The van der Waals surface area contributed by atoms with Crippen LogP contribution in [-0.2, 0) is 10.1 Å². The van der Waals surface area contributed by atoms with E-state index in [0.717, 1.165) is 0 Å². The molecule has 0 saturated heterocycles. The molecule has 0 aromatic heterocycles. The van der Waals surface area contributed by atoms with Gasteiger partial charge in [-0.2, -0.15) is 8.42 Å². The molecule has 0 aliphatic carbocycles. The SMILES string of the molecule is O=S(=O)(O)c1ccc2cc3c(O)ccc(O)c3cc2c1. The Hall–Kier alpha value is -2.31. The first-order valence-corrected chi connectivity index (χ1v) is 7.16. The summed E-state index contributed by atoms with van der Waals surface area (Å²) in [5.41, 5.74) is 0. The molecule has 6 heteroatoms. The highest BCUT2D eigenvalue weighted by Crippen LogP contribution is 2.35. The molecule has 0 heterocycles. The Labute approximate surface area is 114 Å². The second-order valence-electron chi connectivity index (χ2n) is 4.49. The third-order valence-corrected chi connectivity index (χ3v) is 4.05. The molecule has 3 aromatic carbocycles. The topological polar surface area (TPSA) is 94.8 Å². The van der Waals surface area contributed by atoms with E-state index >= 15 is 0 Å². The molecule has 0 spiro atoms. The van der Waals surface area contributed by atoms with Gasteiger partial charge < -0.3 is 10.2 Å². The van der Waals surface area contributed by atoms with Gasteiger partial charge in [0.25, 0.3) is 10.1 Å². The van der Waals surface area contributed by atoms with Crippen molar-refractivity contribution in [2.24, 2.45) is 0 Å². The second kappa shape index (κ2) is 4.09. The van der Waals surface area contributed by atoms with Crippen LogP contribution >= 0.6 is 0 Å². The van der Waals surface area contributed by atoms with Crippen molar-refractivity contribution < 1.29 is 23.2 Å². The van der Waals surface area contributed by atoms with Crippen LogP contribution in [-0.4, -0.2) is 23.2 Å². The molecule has 0 aliphatic heterocycles. The van der Waals surface area contributed by atoms with Crippen molar-refractivity contribution in [3.8, 4) is 11.5 Å². The summed E-state index contributed by atoms with van der Waals surface area (Å²) in [5.74, 6) is 0.00974. The summed E-state index contributed by atoms with van der Waals surface area (Å²) in [4.78, 5) is -0.219. The Kier molecular flexibility index (Phi) is 2.60. The van der Waals surface area contributed by atoms with E-state index in [1.807, 2.05) is 0 Å². The molecule has 0 fully saturated rings. The Morgan fingerprint density at radius 2 is 1.30 bits per heavy atom. The van der Waals surface area contributed by atoms with Gasteiger partial charge in [0.1, 0.15) is 11.5 Å². The first-order valence-electron chi connectivity index (χ1n) is 5.72. The molecule has 0 atom stereocenters. The van der Waals surface area contributed by atoms with E-state index in [2.05, 4.69) is 0 Å². The van der Waals surface area contributed by atoms with Crippen molar-refractivity contribution in [2.45, 2.75) is 4.90 Å².